The number of rotatable bonds is 7. The van der Waals surface area contributed by atoms with Crippen molar-refractivity contribution in [2.24, 2.45) is 17.3 Å². The van der Waals surface area contributed by atoms with Crippen molar-refractivity contribution in [2.45, 2.75) is 78.7 Å². The third-order valence-electron chi connectivity index (χ3n) is 5.85. The summed E-state index contributed by atoms with van der Waals surface area (Å²) in [7, 11) is 0. The quantitative estimate of drug-likeness (QED) is 0.753. The monoisotopic (exact) mass is 294 g/mol. The van der Waals surface area contributed by atoms with Crippen LogP contribution >= 0.6 is 0 Å². The Balaban J connectivity index is 1.90. The van der Waals surface area contributed by atoms with Crippen LogP contribution in [0.2, 0.25) is 0 Å². The number of nitrogens with zero attached hydrogens (tertiary/aromatic N) is 1. The molecule has 21 heavy (non-hydrogen) atoms. The summed E-state index contributed by atoms with van der Waals surface area (Å²) in [6.45, 7) is 14.6. The first-order valence-electron chi connectivity index (χ1n) is 9.49. The fourth-order valence-electron chi connectivity index (χ4n) is 4.36. The van der Waals surface area contributed by atoms with Crippen LogP contribution in [0.3, 0.4) is 0 Å². The number of nitrogens with one attached hydrogen (secondary N) is 1. The zero-order valence-corrected chi connectivity index (χ0v) is 15.0. The Morgan fingerprint density at radius 1 is 1.19 bits per heavy atom. The van der Waals surface area contributed by atoms with Crippen LogP contribution in [-0.4, -0.2) is 37.1 Å². The molecule has 1 aliphatic carbocycles. The molecule has 0 aromatic heterocycles. The third kappa shape index (κ3) is 5.25. The van der Waals surface area contributed by atoms with Crippen LogP contribution in [0.5, 0.6) is 0 Å². The lowest BCUT2D eigenvalue weighted by atomic mass is 9.70. The highest BCUT2D eigenvalue weighted by molar-refractivity contribution is 4.91. The SMILES string of the molecule is CCCC1CCN(CC2(CNC(C)C)CCC(C)CC2)C1. The Bertz CT molecular complexity index is 292. The van der Waals surface area contributed by atoms with E-state index >= 15 is 0 Å². The first-order valence-corrected chi connectivity index (χ1v) is 9.49. The Morgan fingerprint density at radius 3 is 2.52 bits per heavy atom. The van der Waals surface area contributed by atoms with E-state index in [1.54, 1.807) is 0 Å². The van der Waals surface area contributed by atoms with Crippen molar-refractivity contribution in [1.82, 2.24) is 10.2 Å². The Hall–Kier alpha value is -0.0800. The lowest BCUT2D eigenvalue weighted by Crippen LogP contribution is -2.47. The molecule has 1 saturated heterocycles. The summed E-state index contributed by atoms with van der Waals surface area (Å²) in [5.74, 6) is 1.93. The summed E-state index contributed by atoms with van der Waals surface area (Å²) >= 11 is 0. The van der Waals surface area contributed by atoms with E-state index in [4.69, 9.17) is 0 Å². The van der Waals surface area contributed by atoms with E-state index in [0.29, 0.717) is 11.5 Å². The van der Waals surface area contributed by atoms with Crippen molar-refractivity contribution in [3.8, 4) is 0 Å². The lowest BCUT2D eigenvalue weighted by Gasteiger charge is -2.42. The number of likely N-dealkylation sites (tertiary alicyclic amines) is 1. The number of hydrogen-bond acceptors (Lipinski definition) is 2. The molecule has 124 valence electrons. The van der Waals surface area contributed by atoms with Gasteiger partial charge in [0.25, 0.3) is 0 Å². The maximum Gasteiger partial charge on any atom is 0.00503 e. The molecule has 0 aromatic carbocycles. The van der Waals surface area contributed by atoms with Crippen LogP contribution in [0, 0.1) is 17.3 Å². The minimum atomic E-state index is 0.553. The smallest absolute Gasteiger partial charge is 0.00503 e. The largest absolute Gasteiger partial charge is 0.314 e. The molecule has 1 heterocycles. The average Bonchev–Trinajstić information content (AvgIpc) is 2.87. The van der Waals surface area contributed by atoms with Gasteiger partial charge in [-0.25, -0.2) is 0 Å². The van der Waals surface area contributed by atoms with E-state index in [1.807, 2.05) is 0 Å². The first-order chi connectivity index (χ1) is 10.0. The maximum atomic E-state index is 3.75. The van der Waals surface area contributed by atoms with Gasteiger partial charge in [0.2, 0.25) is 0 Å². The van der Waals surface area contributed by atoms with Gasteiger partial charge in [-0.2, -0.15) is 0 Å². The highest BCUT2D eigenvalue weighted by atomic mass is 15.2. The van der Waals surface area contributed by atoms with Crippen molar-refractivity contribution in [2.75, 3.05) is 26.2 Å². The van der Waals surface area contributed by atoms with Crippen LogP contribution < -0.4 is 5.32 Å². The Morgan fingerprint density at radius 2 is 1.90 bits per heavy atom. The van der Waals surface area contributed by atoms with Crippen LogP contribution in [0.15, 0.2) is 0 Å². The highest BCUT2D eigenvalue weighted by Gasteiger charge is 2.37. The molecule has 1 aliphatic heterocycles. The maximum absolute atomic E-state index is 3.75. The molecule has 2 aliphatic rings. The van der Waals surface area contributed by atoms with Crippen molar-refractivity contribution < 1.29 is 0 Å². The van der Waals surface area contributed by atoms with E-state index in [-0.39, 0.29) is 0 Å². The Kier molecular flexibility index (Phi) is 6.55. The van der Waals surface area contributed by atoms with Crippen molar-refractivity contribution >= 4 is 0 Å². The molecular formula is C19H38N2. The summed E-state index contributed by atoms with van der Waals surface area (Å²) in [6, 6.07) is 0.618. The minimum absolute atomic E-state index is 0.553. The van der Waals surface area contributed by atoms with Gasteiger partial charge in [-0.3, -0.25) is 0 Å². The highest BCUT2D eigenvalue weighted by Crippen LogP contribution is 2.40. The molecule has 0 bridgehead atoms. The lowest BCUT2D eigenvalue weighted by molar-refractivity contribution is 0.0939. The number of hydrogen-bond donors (Lipinski definition) is 1. The summed E-state index contributed by atoms with van der Waals surface area (Å²) in [5.41, 5.74) is 0.553. The van der Waals surface area contributed by atoms with Gasteiger partial charge in [-0.05, 0) is 49.5 Å². The fraction of sp³-hybridized carbons (Fsp3) is 1.00. The van der Waals surface area contributed by atoms with Gasteiger partial charge in [0, 0.05) is 25.7 Å². The zero-order valence-electron chi connectivity index (χ0n) is 15.0. The molecule has 2 nitrogen and oxygen atoms in total. The average molecular weight is 295 g/mol. The minimum Gasteiger partial charge on any atom is -0.314 e. The van der Waals surface area contributed by atoms with Gasteiger partial charge in [-0.1, -0.05) is 47.0 Å². The van der Waals surface area contributed by atoms with Crippen LogP contribution in [0.1, 0.15) is 72.6 Å². The standard InChI is InChI=1S/C19H38N2/c1-5-6-18-9-12-21(13-18)15-19(14-20-16(2)3)10-7-17(4)8-11-19/h16-18,20H,5-15H2,1-4H3. The van der Waals surface area contributed by atoms with Crippen LogP contribution in [0.4, 0.5) is 0 Å². The molecule has 2 heteroatoms. The summed E-state index contributed by atoms with van der Waals surface area (Å²) in [6.07, 6.45) is 9.97. The molecule has 1 N–H and O–H groups in total. The molecule has 0 aromatic rings. The van der Waals surface area contributed by atoms with Crippen molar-refractivity contribution in [3.63, 3.8) is 0 Å². The van der Waals surface area contributed by atoms with Crippen molar-refractivity contribution in [1.29, 1.82) is 0 Å². The molecule has 1 atom stereocenters. The van der Waals surface area contributed by atoms with E-state index in [1.165, 1.54) is 71.1 Å². The van der Waals surface area contributed by atoms with Crippen LogP contribution in [0.25, 0.3) is 0 Å². The Labute approximate surface area is 133 Å². The topological polar surface area (TPSA) is 15.3 Å². The van der Waals surface area contributed by atoms with E-state index < -0.39 is 0 Å². The van der Waals surface area contributed by atoms with E-state index in [0.717, 1.165) is 11.8 Å². The zero-order chi connectivity index (χ0) is 15.3. The van der Waals surface area contributed by atoms with Gasteiger partial charge in [0.15, 0.2) is 0 Å². The van der Waals surface area contributed by atoms with Gasteiger partial charge in [-0.15, -0.1) is 0 Å². The van der Waals surface area contributed by atoms with E-state index in [9.17, 15) is 0 Å². The molecule has 1 unspecified atom stereocenters. The fourth-order valence-corrected chi connectivity index (χ4v) is 4.36. The van der Waals surface area contributed by atoms with Gasteiger partial charge in [0.1, 0.15) is 0 Å². The molecule has 0 amide bonds. The van der Waals surface area contributed by atoms with Gasteiger partial charge < -0.3 is 10.2 Å². The third-order valence-corrected chi connectivity index (χ3v) is 5.85. The molecule has 2 fully saturated rings. The molecule has 0 spiro atoms. The second-order valence-corrected chi connectivity index (χ2v) is 8.40. The second kappa shape index (κ2) is 7.97. The summed E-state index contributed by atoms with van der Waals surface area (Å²) in [4.78, 5) is 2.79. The molecule has 0 radical (unpaired) electrons. The summed E-state index contributed by atoms with van der Waals surface area (Å²) < 4.78 is 0. The predicted octanol–water partition coefficient (Wildman–Crippen LogP) is 4.30. The second-order valence-electron chi connectivity index (χ2n) is 8.40. The summed E-state index contributed by atoms with van der Waals surface area (Å²) in [5, 5.41) is 3.75. The predicted molar refractivity (Wildman–Crippen MR) is 92.7 cm³/mol. The van der Waals surface area contributed by atoms with Crippen molar-refractivity contribution in [3.05, 3.63) is 0 Å². The van der Waals surface area contributed by atoms with Gasteiger partial charge in [0.05, 0.1) is 0 Å². The first kappa shape index (κ1) is 17.3. The molecule has 2 rings (SSSR count). The molecule has 1 saturated carbocycles. The normalized spacial score (nSPS) is 34.7. The van der Waals surface area contributed by atoms with Gasteiger partial charge >= 0.3 is 0 Å². The van der Waals surface area contributed by atoms with E-state index in [2.05, 4.69) is 37.9 Å². The molecular weight excluding hydrogens is 256 g/mol. The van der Waals surface area contributed by atoms with Crippen LogP contribution in [-0.2, 0) is 0 Å².